The zero-order valence-electron chi connectivity index (χ0n) is 12.8. The first-order valence-corrected chi connectivity index (χ1v) is 7.38. The molecule has 2 N–H and O–H groups in total. The van der Waals surface area contributed by atoms with Crippen molar-refractivity contribution in [1.82, 2.24) is 4.90 Å². The molecule has 0 unspecified atom stereocenters. The third-order valence-electron chi connectivity index (χ3n) is 4.11. The van der Waals surface area contributed by atoms with Crippen LogP contribution in [0, 0.1) is 5.92 Å². The van der Waals surface area contributed by atoms with Gasteiger partial charge in [-0.1, -0.05) is 45.0 Å². The predicted octanol–water partition coefficient (Wildman–Crippen LogP) is 3.15. The summed E-state index contributed by atoms with van der Waals surface area (Å²) in [5, 5.41) is 0. The van der Waals surface area contributed by atoms with Crippen LogP contribution in [-0.4, -0.2) is 24.5 Å². The van der Waals surface area contributed by atoms with E-state index in [-0.39, 0.29) is 5.41 Å². The lowest BCUT2D eigenvalue weighted by Gasteiger charge is -2.35. The second-order valence-electron chi connectivity index (χ2n) is 7.24. The summed E-state index contributed by atoms with van der Waals surface area (Å²) >= 11 is 0. The number of nitrogens with two attached hydrogens (primary N) is 1. The van der Waals surface area contributed by atoms with Gasteiger partial charge in [-0.25, -0.2) is 0 Å². The molecular formula is C17H28N2. The molecule has 2 nitrogen and oxygen atoms in total. The Hall–Kier alpha value is -0.860. The van der Waals surface area contributed by atoms with Gasteiger partial charge in [0.25, 0.3) is 0 Å². The molecule has 1 fully saturated rings. The molecule has 2 rings (SSSR count). The first-order valence-electron chi connectivity index (χ1n) is 7.38. The van der Waals surface area contributed by atoms with Gasteiger partial charge in [-0.2, -0.15) is 0 Å². The van der Waals surface area contributed by atoms with Crippen molar-refractivity contribution in [3.8, 4) is 0 Å². The summed E-state index contributed by atoms with van der Waals surface area (Å²) in [7, 11) is 2.21. The monoisotopic (exact) mass is 260 g/mol. The zero-order chi connectivity index (χ0) is 14.0. The fraction of sp³-hybridized carbons (Fsp3) is 0.647. The standard InChI is InChI=1S/C17H28N2/c1-17(2,3)15-7-5-13(6-8-15)11-19(4)12-14-9-16(18)10-14/h5-8,14,16H,9-12,18H2,1-4H3. The van der Waals surface area contributed by atoms with Crippen LogP contribution in [0.3, 0.4) is 0 Å². The van der Waals surface area contributed by atoms with E-state index >= 15 is 0 Å². The number of rotatable bonds is 4. The Balaban J connectivity index is 1.85. The Morgan fingerprint density at radius 2 is 1.74 bits per heavy atom. The molecule has 1 aliphatic rings. The molecule has 0 saturated heterocycles. The molecule has 0 aromatic heterocycles. The van der Waals surface area contributed by atoms with Crippen molar-refractivity contribution < 1.29 is 0 Å². The van der Waals surface area contributed by atoms with E-state index in [1.165, 1.54) is 30.5 Å². The average Bonchev–Trinajstić information content (AvgIpc) is 2.26. The number of benzene rings is 1. The first kappa shape index (κ1) is 14.5. The predicted molar refractivity (Wildman–Crippen MR) is 82.2 cm³/mol. The third kappa shape index (κ3) is 4.05. The van der Waals surface area contributed by atoms with Crippen LogP contribution in [-0.2, 0) is 12.0 Å². The van der Waals surface area contributed by atoms with Gasteiger partial charge < -0.3 is 10.6 Å². The SMILES string of the molecule is CN(Cc1ccc(C(C)(C)C)cc1)CC1CC(N)C1. The molecule has 1 aromatic rings. The fourth-order valence-corrected chi connectivity index (χ4v) is 2.86. The normalized spacial score (nSPS) is 23.5. The lowest BCUT2D eigenvalue weighted by Crippen LogP contribution is -2.41. The molecule has 2 heteroatoms. The summed E-state index contributed by atoms with van der Waals surface area (Å²) in [5.41, 5.74) is 8.89. The minimum absolute atomic E-state index is 0.243. The zero-order valence-corrected chi connectivity index (χ0v) is 12.8. The number of hydrogen-bond donors (Lipinski definition) is 1. The lowest BCUT2D eigenvalue weighted by molar-refractivity contribution is 0.178. The van der Waals surface area contributed by atoms with Crippen molar-refractivity contribution >= 4 is 0 Å². The third-order valence-corrected chi connectivity index (χ3v) is 4.11. The van der Waals surface area contributed by atoms with Crippen molar-refractivity contribution in [3.63, 3.8) is 0 Å². The lowest BCUT2D eigenvalue weighted by atomic mass is 9.80. The van der Waals surface area contributed by atoms with E-state index in [1.807, 2.05) is 0 Å². The van der Waals surface area contributed by atoms with E-state index in [2.05, 4.69) is 57.0 Å². The van der Waals surface area contributed by atoms with Crippen LogP contribution >= 0.6 is 0 Å². The summed E-state index contributed by atoms with van der Waals surface area (Å²) < 4.78 is 0. The van der Waals surface area contributed by atoms with Crippen LogP contribution in [0.25, 0.3) is 0 Å². The molecule has 0 heterocycles. The number of nitrogens with zero attached hydrogens (tertiary/aromatic N) is 1. The fourth-order valence-electron chi connectivity index (χ4n) is 2.86. The van der Waals surface area contributed by atoms with E-state index in [0.29, 0.717) is 6.04 Å². The van der Waals surface area contributed by atoms with Gasteiger partial charge in [-0.15, -0.1) is 0 Å². The van der Waals surface area contributed by atoms with Gasteiger partial charge in [-0.3, -0.25) is 0 Å². The second kappa shape index (κ2) is 5.64. The summed E-state index contributed by atoms with van der Waals surface area (Å²) in [6.07, 6.45) is 2.40. The van der Waals surface area contributed by atoms with Gasteiger partial charge in [-0.05, 0) is 42.3 Å². The molecule has 0 amide bonds. The van der Waals surface area contributed by atoms with E-state index in [4.69, 9.17) is 5.73 Å². The summed E-state index contributed by atoms with van der Waals surface area (Å²) in [6.45, 7) is 8.99. The molecule has 0 bridgehead atoms. The van der Waals surface area contributed by atoms with Crippen LogP contribution in [0.1, 0.15) is 44.7 Å². The van der Waals surface area contributed by atoms with Crippen LogP contribution in [0.15, 0.2) is 24.3 Å². The Labute approximate surface area is 118 Å². The quantitative estimate of drug-likeness (QED) is 0.901. The maximum atomic E-state index is 5.84. The van der Waals surface area contributed by atoms with Gasteiger partial charge in [0.2, 0.25) is 0 Å². The van der Waals surface area contributed by atoms with Crippen molar-refractivity contribution in [3.05, 3.63) is 35.4 Å². The van der Waals surface area contributed by atoms with E-state index in [0.717, 1.165) is 12.5 Å². The van der Waals surface area contributed by atoms with Gasteiger partial charge in [0.05, 0.1) is 0 Å². The van der Waals surface area contributed by atoms with E-state index < -0.39 is 0 Å². The molecule has 0 radical (unpaired) electrons. The minimum atomic E-state index is 0.243. The highest BCUT2D eigenvalue weighted by molar-refractivity contribution is 5.27. The number of hydrogen-bond acceptors (Lipinski definition) is 2. The molecule has 0 aliphatic heterocycles. The molecule has 0 spiro atoms. The highest BCUT2D eigenvalue weighted by Crippen LogP contribution is 2.27. The maximum absolute atomic E-state index is 5.84. The van der Waals surface area contributed by atoms with Crippen molar-refractivity contribution in [2.75, 3.05) is 13.6 Å². The van der Waals surface area contributed by atoms with Crippen molar-refractivity contribution in [1.29, 1.82) is 0 Å². The summed E-state index contributed by atoms with van der Waals surface area (Å²) in [5.74, 6) is 0.814. The van der Waals surface area contributed by atoms with Gasteiger partial charge in [0.1, 0.15) is 0 Å². The van der Waals surface area contributed by atoms with Gasteiger partial charge in [0, 0.05) is 19.1 Å². The molecular weight excluding hydrogens is 232 g/mol. The van der Waals surface area contributed by atoms with Gasteiger partial charge >= 0.3 is 0 Å². The molecule has 1 saturated carbocycles. The summed E-state index contributed by atoms with van der Waals surface area (Å²) in [4.78, 5) is 2.42. The molecule has 1 aromatic carbocycles. The topological polar surface area (TPSA) is 29.3 Å². The van der Waals surface area contributed by atoms with Crippen LogP contribution in [0.5, 0.6) is 0 Å². The largest absolute Gasteiger partial charge is 0.328 e. The van der Waals surface area contributed by atoms with Crippen molar-refractivity contribution in [2.45, 2.75) is 51.6 Å². The first-order chi connectivity index (χ1) is 8.84. The minimum Gasteiger partial charge on any atom is -0.328 e. The Morgan fingerprint density at radius 1 is 1.16 bits per heavy atom. The maximum Gasteiger partial charge on any atom is 0.0230 e. The van der Waals surface area contributed by atoms with Crippen LogP contribution < -0.4 is 5.73 Å². The Kier molecular flexibility index (Phi) is 4.32. The molecule has 0 atom stereocenters. The average molecular weight is 260 g/mol. The smallest absolute Gasteiger partial charge is 0.0230 e. The summed E-state index contributed by atoms with van der Waals surface area (Å²) in [6, 6.07) is 9.53. The molecule has 106 valence electrons. The van der Waals surface area contributed by atoms with E-state index in [1.54, 1.807) is 0 Å². The molecule has 1 aliphatic carbocycles. The van der Waals surface area contributed by atoms with Crippen LogP contribution in [0.4, 0.5) is 0 Å². The Morgan fingerprint density at radius 3 is 2.21 bits per heavy atom. The Bertz CT molecular complexity index is 396. The highest BCUT2D eigenvalue weighted by Gasteiger charge is 2.26. The second-order valence-corrected chi connectivity index (χ2v) is 7.24. The van der Waals surface area contributed by atoms with Gasteiger partial charge in [0.15, 0.2) is 0 Å². The van der Waals surface area contributed by atoms with Crippen LogP contribution in [0.2, 0.25) is 0 Å². The van der Waals surface area contributed by atoms with E-state index in [9.17, 15) is 0 Å². The van der Waals surface area contributed by atoms with Crippen molar-refractivity contribution in [2.24, 2.45) is 11.7 Å². The molecule has 19 heavy (non-hydrogen) atoms. The highest BCUT2D eigenvalue weighted by atomic mass is 15.1.